The van der Waals surface area contributed by atoms with E-state index in [2.05, 4.69) is 9.97 Å². The van der Waals surface area contributed by atoms with Gasteiger partial charge in [0.25, 0.3) is 0 Å². The van der Waals surface area contributed by atoms with E-state index in [1.165, 1.54) is 0 Å². The first-order valence-electron chi connectivity index (χ1n) is 6.55. The fourth-order valence-corrected chi connectivity index (χ4v) is 2.55. The van der Waals surface area contributed by atoms with Crippen molar-refractivity contribution < 1.29 is 9.90 Å². The number of aromatic amines is 1. The van der Waals surface area contributed by atoms with E-state index >= 15 is 0 Å². The van der Waals surface area contributed by atoms with E-state index in [1.807, 2.05) is 24.3 Å². The molecule has 2 N–H and O–H groups in total. The van der Waals surface area contributed by atoms with Crippen molar-refractivity contribution in [3.63, 3.8) is 0 Å². The molecule has 1 aromatic heterocycles. The number of rotatable bonds is 5. The molecule has 1 atom stereocenters. The third-order valence-corrected chi connectivity index (χ3v) is 3.70. The number of carboxylic acid groups (broad SMARTS) is 1. The van der Waals surface area contributed by atoms with Gasteiger partial charge >= 0.3 is 5.97 Å². The van der Waals surface area contributed by atoms with Gasteiger partial charge < -0.3 is 10.1 Å². The molecule has 0 aliphatic heterocycles. The quantitative estimate of drug-likeness (QED) is 0.864. The number of aliphatic carboxylic acids is 1. The Hall–Kier alpha value is -2.10. The fourth-order valence-electron chi connectivity index (χ4n) is 2.55. The Balaban J connectivity index is 1.82. The van der Waals surface area contributed by atoms with Gasteiger partial charge in [-0.2, -0.15) is 0 Å². The van der Waals surface area contributed by atoms with Gasteiger partial charge in [-0.3, -0.25) is 4.79 Å². The van der Waals surface area contributed by atoms with Gasteiger partial charge in [-0.05, 0) is 30.2 Å². The zero-order chi connectivity index (χ0) is 13.2. The summed E-state index contributed by atoms with van der Waals surface area (Å²) in [7, 11) is 0. The molecule has 98 valence electrons. The van der Waals surface area contributed by atoms with E-state index in [1.54, 1.807) is 12.4 Å². The lowest BCUT2D eigenvalue weighted by Gasteiger charge is -2.14. The molecule has 0 bridgehead atoms. The first-order valence-corrected chi connectivity index (χ1v) is 6.55. The Bertz CT molecular complexity index is 556. The van der Waals surface area contributed by atoms with Crippen LogP contribution in [0.1, 0.15) is 30.7 Å². The van der Waals surface area contributed by atoms with Gasteiger partial charge in [0.15, 0.2) is 0 Å². The highest BCUT2D eigenvalue weighted by atomic mass is 16.4. The maximum absolute atomic E-state index is 11.0. The fraction of sp³-hybridized carbons (Fsp3) is 0.333. The summed E-state index contributed by atoms with van der Waals surface area (Å²) in [6.45, 7) is 0. The molecule has 0 amide bonds. The van der Waals surface area contributed by atoms with Crippen molar-refractivity contribution in [1.29, 1.82) is 0 Å². The van der Waals surface area contributed by atoms with Crippen LogP contribution in [0.4, 0.5) is 0 Å². The minimum Gasteiger partial charge on any atom is -0.481 e. The molecule has 4 heteroatoms. The summed E-state index contributed by atoms with van der Waals surface area (Å²) in [5.41, 5.74) is 2.15. The average Bonchev–Trinajstić information content (AvgIpc) is 3.10. The highest BCUT2D eigenvalue weighted by molar-refractivity contribution is 5.68. The lowest BCUT2D eigenvalue weighted by molar-refractivity contribution is -0.137. The van der Waals surface area contributed by atoms with Crippen LogP contribution in [-0.4, -0.2) is 21.0 Å². The van der Waals surface area contributed by atoms with Crippen LogP contribution in [-0.2, 0) is 4.79 Å². The molecular formula is C15H16N2O2. The predicted octanol–water partition coefficient (Wildman–Crippen LogP) is 3.05. The summed E-state index contributed by atoms with van der Waals surface area (Å²) in [5.74, 6) is 0.827. The Morgan fingerprint density at radius 3 is 2.63 bits per heavy atom. The molecule has 0 radical (unpaired) electrons. The second-order valence-electron chi connectivity index (χ2n) is 5.10. The average molecular weight is 256 g/mol. The van der Waals surface area contributed by atoms with E-state index in [4.69, 9.17) is 5.11 Å². The first kappa shape index (κ1) is 12.0. The molecule has 3 rings (SSSR count). The van der Waals surface area contributed by atoms with Crippen molar-refractivity contribution in [2.24, 2.45) is 5.92 Å². The van der Waals surface area contributed by atoms with Crippen molar-refractivity contribution in [1.82, 2.24) is 9.97 Å². The van der Waals surface area contributed by atoms with E-state index in [9.17, 15) is 4.79 Å². The van der Waals surface area contributed by atoms with Gasteiger partial charge in [-0.1, -0.05) is 24.3 Å². The monoisotopic (exact) mass is 256 g/mol. The Labute approximate surface area is 111 Å². The van der Waals surface area contributed by atoms with Crippen molar-refractivity contribution in [3.05, 3.63) is 42.2 Å². The van der Waals surface area contributed by atoms with Crippen molar-refractivity contribution >= 4 is 5.97 Å². The molecule has 1 fully saturated rings. The summed E-state index contributed by atoms with van der Waals surface area (Å²) in [6.07, 6.45) is 6.04. The van der Waals surface area contributed by atoms with Gasteiger partial charge in [0.05, 0.1) is 6.42 Å². The zero-order valence-corrected chi connectivity index (χ0v) is 10.5. The van der Waals surface area contributed by atoms with E-state index < -0.39 is 5.97 Å². The lowest BCUT2D eigenvalue weighted by Crippen LogP contribution is -2.08. The molecule has 2 aromatic rings. The molecule has 1 aliphatic carbocycles. The zero-order valence-electron chi connectivity index (χ0n) is 10.5. The molecule has 1 saturated carbocycles. The number of carbonyl (C=O) groups is 1. The standard InChI is InChI=1S/C15H16N2O2/c18-14(19)9-13(10-1-2-10)11-3-5-12(6-4-11)15-16-7-8-17-15/h3-8,10,13H,1-2,9H2,(H,16,17)(H,18,19). The Kier molecular flexibility index (Phi) is 3.07. The molecule has 4 nitrogen and oxygen atoms in total. The van der Waals surface area contributed by atoms with Crippen LogP contribution < -0.4 is 0 Å². The highest BCUT2D eigenvalue weighted by Crippen LogP contribution is 2.44. The van der Waals surface area contributed by atoms with Crippen LogP contribution in [0.5, 0.6) is 0 Å². The van der Waals surface area contributed by atoms with E-state index in [0.29, 0.717) is 5.92 Å². The number of nitrogens with one attached hydrogen (secondary N) is 1. The van der Waals surface area contributed by atoms with Crippen LogP contribution in [0.3, 0.4) is 0 Å². The number of benzene rings is 1. The minimum absolute atomic E-state index is 0.156. The smallest absolute Gasteiger partial charge is 0.303 e. The molecule has 1 aromatic carbocycles. The maximum Gasteiger partial charge on any atom is 0.303 e. The largest absolute Gasteiger partial charge is 0.481 e. The van der Waals surface area contributed by atoms with Gasteiger partial charge in [0.2, 0.25) is 0 Å². The van der Waals surface area contributed by atoms with Crippen LogP contribution in [0.25, 0.3) is 11.4 Å². The summed E-state index contributed by atoms with van der Waals surface area (Å²) in [5, 5.41) is 9.01. The van der Waals surface area contributed by atoms with E-state index in [-0.39, 0.29) is 12.3 Å². The lowest BCUT2D eigenvalue weighted by atomic mass is 9.90. The number of aromatic nitrogens is 2. The number of hydrogen-bond acceptors (Lipinski definition) is 2. The highest BCUT2D eigenvalue weighted by Gasteiger charge is 2.33. The number of nitrogens with zero attached hydrogens (tertiary/aromatic N) is 1. The molecule has 0 spiro atoms. The third-order valence-electron chi connectivity index (χ3n) is 3.70. The van der Waals surface area contributed by atoms with Crippen molar-refractivity contribution in [2.45, 2.75) is 25.2 Å². The predicted molar refractivity (Wildman–Crippen MR) is 71.7 cm³/mol. The number of H-pyrrole nitrogens is 1. The SMILES string of the molecule is O=C(O)CC(c1ccc(-c2ncc[nH]2)cc1)C1CC1. The second kappa shape index (κ2) is 4.88. The van der Waals surface area contributed by atoms with Crippen molar-refractivity contribution in [2.75, 3.05) is 0 Å². The minimum atomic E-state index is -0.716. The van der Waals surface area contributed by atoms with Gasteiger partial charge in [0, 0.05) is 18.0 Å². The van der Waals surface area contributed by atoms with Crippen LogP contribution in [0, 0.1) is 5.92 Å². The summed E-state index contributed by atoms with van der Waals surface area (Å²) in [4.78, 5) is 18.2. The normalized spacial score (nSPS) is 16.2. The molecule has 0 saturated heterocycles. The van der Waals surface area contributed by atoms with Crippen LogP contribution in [0.15, 0.2) is 36.7 Å². The van der Waals surface area contributed by atoms with Crippen LogP contribution in [0.2, 0.25) is 0 Å². The number of imidazole rings is 1. The molecule has 1 aliphatic rings. The summed E-state index contributed by atoms with van der Waals surface area (Å²) < 4.78 is 0. The number of carboxylic acids is 1. The Morgan fingerprint density at radius 2 is 2.11 bits per heavy atom. The molecule has 1 heterocycles. The second-order valence-corrected chi connectivity index (χ2v) is 5.10. The van der Waals surface area contributed by atoms with Gasteiger partial charge in [-0.25, -0.2) is 4.98 Å². The topological polar surface area (TPSA) is 66.0 Å². The van der Waals surface area contributed by atoms with E-state index in [0.717, 1.165) is 29.8 Å². The molecule has 19 heavy (non-hydrogen) atoms. The first-order chi connectivity index (χ1) is 9.24. The summed E-state index contributed by atoms with van der Waals surface area (Å²) >= 11 is 0. The van der Waals surface area contributed by atoms with Gasteiger partial charge in [-0.15, -0.1) is 0 Å². The maximum atomic E-state index is 11.0. The Morgan fingerprint density at radius 1 is 1.37 bits per heavy atom. The number of hydrogen-bond donors (Lipinski definition) is 2. The van der Waals surface area contributed by atoms with Gasteiger partial charge in [0.1, 0.15) is 5.82 Å². The summed E-state index contributed by atoms with van der Waals surface area (Å²) in [6, 6.07) is 8.07. The molecular weight excluding hydrogens is 240 g/mol. The third kappa shape index (κ3) is 2.67. The molecule has 1 unspecified atom stereocenters. The van der Waals surface area contributed by atoms with Crippen LogP contribution >= 0.6 is 0 Å². The van der Waals surface area contributed by atoms with Crippen molar-refractivity contribution in [3.8, 4) is 11.4 Å².